The number of aromatic nitrogens is 2. The SMILES string of the molecule is CC(=Nc1ccc2c(Cl)n(C)nc2c1)c1c(O)cc(C)oc1=O. The summed E-state index contributed by atoms with van der Waals surface area (Å²) in [5, 5.41) is 15.6. The van der Waals surface area contributed by atoms with Crippen LogP contribution >= 0.6 is 11.6 Å². The molecule has 23 heavy (non-hydrogen) atoms. The van der Waals surface area contributed by atoms with Gasteiger partial charge in [0.05, 0.1) is 16.9 Å². The maximum absolute atomic E-state index is 11.9. The Kier molecular flexibility index (Phi) is 3.69. The zero-order valence-corrected chi connectivity index (χ0v) is 13.5. The number of nitrogens with zero attached hydrogens (tertiary/aromatic N) is 3. The Hall–Kier alpha value is -2.60. The maximum Gasteiger partial charge on any atom is 0.348 e. The van der Waals surface area contributed by atoms with E-state index in [-0.39, 0.29) is 11.3 Å². The Morgan fingerprint density at radius 3 is 2.83 bits per heavy atom. The lowest BCUT2D eigenvalue weighted by Crippen LogP contribution is -2.12. The molecule has 0 saturated heterocycles. The molecule has 0 aliphatic carbocycles. The molecule has 0 spiro atoms. The summed E-state index contributed by atoms with van der Waals surface area (Å²) in [7, 11) is 1.76. The molecule has 0 atom stereocenters. The van der Waals surface area contributed by atoms with Crippen LogP contribution in [0.25, 0.3) is 10.9 Å². The van der Waals surface area contributed by atoms with Crippen molar-refractivity contribution >= 4 is 33.9 Å². The number of halogens is 1. The van der Waals surface area contributed by atoms with E-state index in [9.17, 15) is 9.90 Å². The lowest BCUT2D eigenvalue weighted by Gasteiger charge is -2.03. The van der Waals surface area contributed by atoms with Gasteiger partial charge in [0.2, 0.25) is 0 Å². The van der Waals surface area contributed by atoms with Crippen molar-refractivity contribution in [2.45, 2.75) is 13.8 Å². The number of aromatic hydroxyl groups is 1. The van der Waals surface area contributed by atoms with Gasteiger partial charge in [0, 0.05) is 18.5 Å². The van der Waals surface area contributed by atoms with E-state index in [1.165, 1.54) is 6.07 Å². The van der Waals surface area contributed by atoms with Crippen LogP contribution in [0, 0.1) is 6.92 Å². The van der Waals surface area contributed by atoms with Gasteiger partial charge in [-0.3, -0.25) is 9.67 Å². The summed E-state index contributed by atoms with van der Waals surface area (Å²) in [6, 6.07) is 6.73. The third-order valence-electron chi connectivity index (χ3n) is 3.46. The first-order valence-electron chi connectivity index (χ1n) is 6.88. The molecule has 3 rings (SSSR count). The Labute approximate surface area is 136 Å². The highest BCUT2D eigenvalue weighted by Gasteiger charge is 2.13. The van der Waals surface area contributed by atoms with E-state index in [1.807, 2.05) is 6.07 Å². The fourth-order valence-corrected chi connectivity index (χ4v) is 2.60. The molecule has 2 aromatic heterocycles. The van der Waals surface area contributed by atoms with Gasteiger partial charge in [0.15, 0.2) is 0 Å². The average molecular weight is 332 g/mol. The fourth-order valence-electron chi connectivity index (χ4n) is 2.41. The molecule has 1 N–H and O–H groups in total. The first kappa shape index (κ1) is 15.3. The highest BCUT2D eigenvalue weighted by atomic mass is 35.5. The van der Waals surface area contributed by atoms with Crippen LogP contribution in [0.15, 0.2) is 38.5 Å². The normalized spacial score (nSPS) is 12.1. The predicted octanol–water partition coefficient (Wildman–Crippen LogP) is 3.33. The molecular formula is C16H14ClN3O3. The zero-order chi connectivity index (χ0) is 16.7. The highest BCUT2D eigenvalue weighted by Crippen LogP contribution is 2.27. The lowest BCUT2D eigenvalue weighted by atomic mass is 10.1. The topological polar surface area (TPSA) is 80.6 Å². The number of aliphatic imine (C=N–C) groups is 1. The smallest absolute Gasteiger partial charge is 0.348 e. The Balaban J connectivity index is 2.09. The molecule has 0 fully saturated rings. The molecule has 0 amide bonds. The van der Waals surface area contributed by atoms with Gasteiger partial charge in [-0.15, -0.1) is 0 Å². The van der Waals surface area contributed by atoms with Crippen LogP contribution in [0.5, 0.6) is 5.75 Å². The van der Waals surface area contributed by atoms with E-state index in [1.54, 1.807) is 37.7 Å². The van der Waals surface area contributed by atoms with Crippen molar-refractivity contribution in [3.8, 4) is 5.75 Å². The average Bonchev–Trinajstić information content (AvgIpc) is 2.72. The molecule has 3 aromatic rings. The van der Waals surface area contributed by atoms with Gasteiger partial charge in [-0.05, 0) is 32.0 Å². The summed E-state index contributed by atoms with van der Waals surface area (Å²) >= 11 is 6.13. The summed E-state index contributed by atoms with van der Waals surface area (Å²) < 4.78 is 6.58. The molecule has 118 valence electrons. The minimum Gasteiger partial charge on any atom is -0.507 e. The van der Waals surface area contributed by atoms with Gasteiger partial charge in [0.1, 0.15) is 22.2 Å². The summed E-state index contributed by atoms with van der Waals surface area (Å²) in [4.78, 5) is 16.3. The number of benzene rings is 1. The minimum absolute atomic E-state index is 0.0507. The van der Waals surface area contributed by atoms with Crippen molar-refractivity contribution in [2.24, 2.45) is 12.0 Å². The maximum atomic E-state index is 11.9. The van der Waals surface area contributed by atoms with Crippen LogP contribution in [0.4, 0.5) is 5.69 Å². The lowest BCUT2D eigenvalue weighted by molar-refractivity contribution is 0.432. The van der Waals surface area contributed by atoms with Crippen LogP contribution in [0.1, 0.15) is 18.2 Å². The number of fused-ring (bicyclic) bond motifs is 1. The molecule has 0 aliphatic rings. The van der Waals surface area contributed by atoms with E-state index in [0.29, 0.717) is 27.8 Å². The molecule has 6 nitrogen and oxygen atoms in total. The minimum atomic E-state index is -0.620. The first-order valence-corrected chi connectivity index (χ1v) is 7.26. The van der Waals surface area contributed by atoms with E-state index in [0.717, 1.165) is 5.39 Å². The van der Waals surface area contributed by atoms with E-state index in [2.05, 4.69) is 10.1 Å². The van der Waals surface area contributed by atoms with Crippen LogP contribution in [-0.2, 0) is 7.05 Å². The van der Waals surface area contributed by atoms with Crippen LogP contribution in [-0.4, -0.2) is 20.6 Å². The Bertz CT molecular complexity index is 1000. The molecule has 0 unspecified atom stereocenters. The third-order valence-corrected chi connectivity index (χ3v) is 3.91. The zero-order valence-electron chi connectivity index (χ0n) is 12.8. The van der Waals surface area contributed by atoms with Crippen LogP contribution in [0.3, 0.4) is 0 Å². The standard InChI is InChI=1S/C16H14ClN3O3/c1-8-6-13(21)14(16(22)23-8)9(2)18-10-4-5-11-12(7-10)19-20(3)15(11)17/h4-7,21H,1-3H3. The van der Waals surface area contributed by atoms with Crippen molar-refractivity contribution in [1.82, 2.24) is 9.78 Å². The van der Waals surface area contributed by atoms with Crippen molar-refractivity contribution < 1.29 is 9.52 Å². The van der Waals surface area contributed by atoms with Crippen molar-refractivity contribution in [3.63, 3.8) is 0 Å². The van der Waals surface area contributed by atoms with Crippen molar-refractivity contribution in [3.05, 3.63) is 51.2 Å². The molecule has 0 saturated carbocycles. The van der Waals surface area contributed by atoms with E-state index >= 15 is 0 Å². The molecular weight excluding hydrogens is 318 g/mol. The summed E-state index contributed by atoms with van der Waals surface area (Å²) in [5.74, 6) is 0.190. The van der Waals surface area contributed by atoms with Gasteiger partial charge < -0.3 is 9.52 Å². The monoisotopic (exact) mass is 331 g/mol. The van der Waals surface area contributed by atoms with Crippen LogP contribution < -0.4 is 5.63 Å². The van der Waals surface area contributed by atoms with E-state index in [4.69, 9.17) is 16.0 Å². The second kappa shape index (κ2) is 5.55. The van der Waals surface area contributed by atoms with Crippen molar-refractivity contribution in [2.75, 3.05) is 0 Å². The predicted molar refractivity (Wildman–Crippen MR) is 89.0 cm³/mol. The summed E-state index contributed by atoms with van der Waals surface area (Å²) in [6.45, 7) is 3.23. The second-order valence-corrected chi connectivity index (χ2v) is 5.58. The molecule has 7 heteroatoms. The molecule has 1 aromatic carbocycles. The molecule has 0 bridgehead atoms. The number of hydrogen-bond acceptors (Lipinski definition) is 5. The molecule has 2 heterocycles. The number of aryl methyl sites for hydroxylation is 2. The first-order chi connectivity index (χ1) is 10.9. The van der Waals surface area contributed by atoms with Crippen molar-refractivity contribution in [1.29, 1.82) is 0 Å². The largest absolute Gasteiger partial charge is 0.507 e. The fraction of sp³-hybridized carbons (Fsp3) is 0.188. The Morgan fingerprint density at radius 1 is 1.39 bits per heavy atom. The summed E-state index contributed by atoms with van der Waals surface area (Å²) in [5.41, 5.74) is 1.09. The quantitative estimate of drug-likeness (QED) is 0.730. The van der Waals surface area contributed by atoms with Gasteiger partial charge in [0.25, 0.3) is 0 Å². The molecule has 0 aliphatic heterocycles. The van der Waals surface area contributed by atoms with Gasteiger partial charge in [-0.2, -0.15) is 5.10 Å². The van der Waals surface area contributed by atoms with Gasteiger partial charge in [-0.1, -0.05) is 11.6 Å². The highest BCUT2D eigenvalue weighted by molar-refractivity contribution is 6.34. The van der Waals surface area contributed by atoms with E-state index < -0.39 is 5.63 Å². The molecule has 0 radical (unpaired) electrons. The van der Waals surface area contributed by atoms with Gasteiger partial charge >= 0.3 is 5.63 Å². The second-order valence-electron chi connectivity index (χ2n) is 5.22. The number of hydrogen-bond donors (Lipinski definition) is 1. The van der Waals surface area contributed by atoms with Gasteiger partial charge in [-0.25, -0.2) is 4.79 Å². The Morgan fingerprint density at radius 2 is 2.13 bits per heavy atom. The number of rotatable bonds is 2. The summed E-state index contributed by atoms with van der Waals surface area (Å²) in [6.07, 6.45) is 0. The van der Waals surface area contributed by atoms with Crippen LogP contribution in [0.2, 0.25) is 5.15 Å². The third kappa shape index (κ3) is 2.73.